The molecule has 1 aromatic carbocycles. The maximum absolute atomic E-state index is 12.6. The van der Waals surface area contributed by atoms with Gasteiger partial charge in [0.25, 0.3) is 0 Å². The van der Waals surface area contributed by atoms with E-state index in [0.717, 1.165) is 5.56 Å². The van der Waals surface area contributed by atoms with Crippen LogP contribution in [0.2, 0.25) is 0 Å². The molecule has 1 unspecified atom stereocenters. The van der Waals surface area contributed by atoms with Gasteiger partial charge in [-0.1, -0.05) is 24.3 Å². The summed E-state index contributed by atoms with van der Waals surface area (Å²) in [4.78, 5) is 41.7. The molecule has 1 atom stereocenters. The molecule has 32 heavy (non-hydrogen) atoms. The summed E-state index contributed by atoms with van der Waals surface area (Å²) in [6, 6.07) is 10.5. The predicted octanol–water partition coefficient (Wildman–Crippen LogP) is 2.87. The minimum atomic E-state index is -0.502. The number of imidazole rings is 1. The molecular weight excluding hydrogens is 428 g/mol. The summed E-state index contributed by atoms with van der Waals surface area (Å²) in [6.07, 6.45) is 3.81. The number of rotatable bonds is 11. The van der Waals surface area contributed by atoms with E-state index in [4.69, 9.17) is 4.74 Å². The van der Waals surface area contributed by atoms with Crippen LogP contribution in [0, 0.1) is 0 Å². The van der Waals surface area contributed by atoms with Crippen molar-refractivity contribution in [3.8, 4) is 5.75 Å². The zero-order valence-corrected chi connectivity index (χ0v) is 18.9. The molecule has 0 saturated carbocycles. The molecule has 8 nitrogen and oxygen atoms in total. The third-order valence-electron chi connectivity index (χ3n) is 4.92. The standard InChI is InChI=1S/C23H26N4O4S/c1-27-14-13-25-23(27)22(16-6-3-4-7-18(16)31-2)26-21(30)11-12-24-20(29)10-9-17(28)19-8-5-15-32-19/h3-8,13-15,22H,9-12H2,1-2H3,(H,24,29)(H,26,30). The summed E-state index contributed by atoms with van der Waals surface area (Å²) in [7, 11) is 3.43. The summed E-state index contributed by atoms with van der Waals surface area (Å²) >= 11 is 1.36. The molecular formula is C23H26N4O4S. The number of benzene rings is 1. The van der Waals surface area contributed by atoms with Crippen molar-refractivity contribution in [2.45, 2.75) is 25.3 Å². The van der Waals surface area contributed by atoms with Crippen LogP contribution in [0.3, 0.4) is 0 Å². The van der Waals surface area contributed by atoms with Crippen LogP contribution in [0.1, 0.15) is 46.4 Å². The van der Waals surface area contributed by atoms with Crippen molar-refractivity contribution in [3.63, 3.8) is 0 Å². The fraction of sp³-hybridized carbons (Fsp3) is 0.304. The highest BCUT2D eigenvalue weighted by Crippen LogP contribution is 2.29. The Morgan fingerprint density at radius 2 is 1.91 bits per heavy atom. The molecule has 0 aliphatic heterocycles. The third kappa shape index (κ3) is 6.04. The Bertz CT molecular complexity index is 1060. The number of para-hydroxylation sites is 1. The van der Waals surface area contributed by atoms with Crippen molar-refractivity contribution in [1.29, 1.82) is 0 Å². The van der Waals surface area contributed by atoms with Crippen LogP contribution in [0.5, 0.6) is 5.75 Å². The summed E-state index contributed by atoms with van der Waals surface area (Å²) < 4.78 is 7.30. The Morgan fingerprint density at radius 3 is 2.59 bits per heavy atom. The van der Waals surface area contributed by atoms with Gasteiger partial charge in [0.05, 0.1) is 12.0 Å². The van der Waals surface area contributed by atoms with Crippen molar-refractivity contribution < 1.29 is 19.1 Å². The molecule has 0 radical (unpaired) electrons. The maximum atomic E-state index is 12.6. The molecule has 0 aliphatic rings. The Labute approximate surface area is 190 Å². The first-order valence-corrected chi connectivity index (χ1v) is 11.1. The monoisotopic (exact) mass is 454 g/mol. The highest BCUT2D eigenvalue weighted by molar-refractivity contribution is 7.12. The van der Waals surface area contributed by atoms with Gasteiger partial charge < -0.3 is 19.9 Å². The van der Waals surface area contributed by atoms with Gasteiger partial charge in [-0.3, -0.25) is 14.4 Å². The van der Waals surface area contributed by atoms with Crippen LogP contribution in [-0.4, -0.2) is 40.8 Å². The summed E-state index contributed by atoms with van der Waals surface area (Å²) in [5.74, 6) is 0.762. The second-order valence-electron chi connectivity index (χ2n) is 7.14. The van der Waals surface area contributed by atoms with E-state index in [-0.39, 0.29) is 43.4 Å². The number of aryl methyl sites for hydroxylation is 1. The van der Waals surface area contributed by atoms with Crippen LogP contribution < -0.4 is 15.4 Å². The van der Waals surface area contributed by atoms with Gasteiger partial charge in [-0.2, -0.15) is 0 Å². The lowest BCUT2D eigenvalue weighted by Gasteiger charge is -2.21. The molecule has 9 heteroatoms. The average molecular weight is 455 g/mol. The largest absolute Gasteiger partial charge is 0.496 e. The van der Waals surface area contributed by atoms with Crippen molar-refractivity contribution in [1.82, 2.24) is 20.2 Å². The van der Waals surface area contributed by atoms with E-state index in [1.807, 2.05) is 47.5 Å². The molecule has 0 saturated heterocycles. The second-order valence-corrected chi connectivity index (χ2v) is 8.09. The first-order valence-electron chi connectivity index (χ1n) is 10.2. The number of aromatic nitrogens is 2. The van der Waals surface area contributed by atoms with Crippen LogP contribution in [0.4, 0.5) is 0 Å². The fourth-order valence-electron chi connectivity index (χ4n) is 3.27. The number of carbonyl (C=O) groups excluding carboxylic acids is 3. The number of ether oxygens (including phenoxy) is 1. The molecule has 3 rings (SSSR count). The second kappa shape index (κ2) is 11.2. The van der Waals surface area contributed by atoms with Gasteiger partial charge in [0.1, 0.15) is 17.6 Å². The summed E-state index contributed by atoms with van der Waals surface area (Å²) in [5, 5.41) is 7.52. The maximum Gasteiger partial charge on any atom is 0.222 e. The molecule has 0 aliphatic carbocycles. The Hall–Kier alpha value is -3.46. The van der Waals surface area contributed by atoms with E-state index in [9.17, 15) is 14.4 Å². The zero-order valence-electron chi connectivity index (χ0n) is 18.0. The number of amides is 2. The number of Topliss-reactive ketones (excluding diaryl/α,β-unsaturated/α-hetero) is 1. The van der Waals surface area contributed by atoms with Crippen LogP contribution in [-0.2, 0) is 16.6 Å². The molecule has 0 fully saturated rings. The number of hydrogen-bond donors (Lipinski definition) is 2. The van der Waals surface area contributed by atoms with Crippen molar-refractivity contribution >= 4 is 28.9 Å². The summed E-state index contributed by atoms with van der Waals surface area (Å²) in [6.45, 7) is 0.178. The average Bonchev–Trinajstić information content (AvgIpc) is 3.48. The van der Waals surface area contributed by atoms with Gasteiger partial charge in [-0.15, -0.1) is 11.3 Å². The Balaban J connectivity index is 1.53. The van der Waals surface area contributed by atoms with Gasteiger partial charge in [0.15, 0.2) is 5.78 Å². The topological polar surface area (TPSA) is 102 Å². The molecule has 2 N–H and O–H groups in total. The third-order valence-corrected chi connectivity index (χ3v) is 5.83. The molecule has 0 spiro atoms. The van der Waals surface area contributed by atoms with Gasteiger partial charge in [-0.05, 0) is 17.5 Å². The lowest BCUT2D eigenvalue weighted by atomic mass is 10.0. The molecule has 0 bridgehead atoms. The first kappa shape index (κ1) is 23.2. The quantitative estimate of drug-likeness (QED) is 0.434. The SMILES string of the molecule is COc1ccccc1C(NC(=O)CCNC(=O)CCC(=O)c1cccs1)c1nccn1C. The Morgan fingerprint density at radius 1 is 1.09 bits per heavy atom. The predicted molar refractivity (Wildman–Crippen MR) is 122 cm³/mol. The minimum Gasteiger partial charge on any atom is -0.496 e. The van der Waals surface area contributed by atoms with Crippen LogP contribution in [0.25, 0.3) is 0 Å². The van der Waals surface area contributed by atoms with E-state index in [1.165, 1.54) is 11.3 Å². The Kier molecular flexibility index (Phi) is 8.15. The van der Waals surface area contributed by atoms with Gasteiger partial charge >= 0.3 is 0 Å². The number of carbonyl (C=O) groups is 3. The number of hydrogen-bond acceptors (Lipinski definition) is 6. The first-order chi connectivity index (χ1) is 15.5. The molecule has 2 heterocycles. The number of nitrogens with zero attached hydrogens (tertiary/aromatic N) is 2. The lowest BCUT2D eigenvalue weighted by molar-refractivity contribution is -0.122. The van der Waals surface area contributed by atoms with Gasteiger partial charge in [-0.25, -0.2) is 4.98 Å². The molecule has 2 aromatic heterocycles. The van der Waals surface area contributed by atoms with Crippen LogP contribution in [0.15, 0.2) is 54.2 Å². The fourth-order valence-corrected chi connectivity index (χ4v) is 3.96. The highest BCUT2D eigenvalue weighted by Gasteiger charge is 2.23. The van der Waals surface area contributed by atoms with Crippen molar-refractivity contribution in [2.24, 2.45) is 7.05 Å². The number of ketones is 1. The van der Waals surface area contributed by atoms with E-state index < -0.39 is 6.04 Å². The molecule has 168 valence electrons. The zero-order chi connectivity index (χ0) is 22.9. The number of thiophene rings is 1. The lowest BCUT2D eigenvalue weighted by Crippen LogP contribution is -2.34. The smallest absolute Gasteiger partial charge is 0.222 e. The molecule has 3 aromatic rings. The van der Waals surface area contributed by atoms with E-state index in [2.05, 4.69) is 15.6 Å². The van der Waals surface area contributed by atoms with Crippen molar-refractivity contribution in [3.05, 3.63) is 70.4 Å². The summed E-state index contributed by atoms with van der Waals surface area (Å²) in [5.41, 5.74) is 0.786. The van der Waals surface area contributed by atoms with Gasteiger partial charge in [0, 0.05) is 50.8 Å². The van der Waals surface area contributed by atoms with E-state index >= 15 is 0 Å². The van der Waals surface area contributed by atoms with Crippen LogP contribution >= 0.6 is 11.3 Å². The highest BCUT2D eigenvalue weighted by atomic mass is 32.1. The van der Waals surface area contributed by atoms with E-state index in [1.54, 1.807) is 25.4 Å². The normalized spacial score (nSPS) is 11.6. The van der Waals surface area contributed by atoms with E-state index in [0.29, 0.717) is 16.5 Å². The van der Waals surface area contributed by atoms with Gasteiger partial charge in [0.2, 0.25) is 11.8 Å². The minimum absolute atomic E-state index is 0.0531. The molecule has 2 amide bonds. The number of methoxy groups -OCH3 is 1. The number of nitrogens with one attached hydrogen (secondary N) is 2. The van der Waals surface area contributed by atoms with Crippen molar-refractivity contribution in [2.75, 3.05) is 13.7 Å².